The zero-order chi connectivity index (χ0) is 20.6. The fourth-order valence-electron chi connectivity index (χ4n) is 2.78. The van der Waals surface area contributed by atoms with Gasteiger partial charge in [0.15, 0.2) is 11.6 Å². The smallest absolute Gasteiger partial charge is 0.319 e. The second-order valence-electron chi connectivity index (χ2n) is 6.35. The van der Waals surface area contributed by atoms with E-state index < -0.39 is 35.1 Å². The molecule has 3 aromatic rings. The third-order valence-electron chi connectivity index (χ3n) is 4.51. The summed E-state index contributed by atoms with van der Waals surface area (Å²) in [4.78, 5) is 26.0. The maximum atomic E-state index is 13.8. The van der Waals surface area contributed by atoms with Gasteiger partial charge in [-0.15, -0.1) is 0 Å². The van der Waals surface area contributed by atoms with E-state index in [1.54, 1.807) is 6.92 Å². The van der Waals surface area contributed by atoms with Gasteiger partial charge in [0, 0.05) is 25.2 Å². The van der Waals surface area contributed by atoms with Crippen LogP contribution in [0.4, 0.5) is 23.7 Å². The number of urea groups is 1. The number of nitrogens with zero attached hydrogens (tertiary/aromatic N) is 3. The van der Waals surface area contributed by atoms with Crippen LogP contribution in [0.2, 0.25) is 0 Å². The van der Waals surface area contributed by atoms with Crippen LogP contribution in [0.15, 0.2) is 41.2 Å². The summed E-state index contributed by atoms with van der Waals surface area (Å²) in [5.74, 6) is -2.69. The van der Waals surface area contributed by atoms with Gasteiger partial charge in [-0.25, -0.2) is 22.6 Å². The van der Waals surface area contributed by atoms with Gasteiger partial charge in [0.1, 0.15) is 5.82 Å². The Balaban J connectivity index is 1.98. The normalized spacial score (nSPS) is 12.1. The zero-order valence-corrected chi connectivity index (χ0v) is 15.3. The average molecular weight is 390 g/mol. The van der Waals surface area contributed by atoms with Crippen LogP contribution < -0.4 is 10.9 Å². The Labute approximate surface area is 158 Å². The van der Waals surface area contributed by atoms with Crippen molar-refractivity contribution in [1.82, 2.24) is 14.7 Å². The lowest BCUT2D eigenvalue weighted by Gasteiger charge is -2.26. The maximum Gasteiger partial charge on any atom is 0.322 e. The molecule has 0 bridgehead atoms. The minimum absolute atomic E-state index is 0.0365. The summed E-state index contributed by atoms with van der Waals surface area (Å²) in [5.41, 5.74) is 0.0351. The molecule has 2 amide bonds. The molecule has 0 radical (unpaired) electrons. The number of hydrogen-bond acceptors (Lipinski definition) is 3. The van der Waals surface area contributed by atoms with Crippen LogP contribution in [0.1, 0.15) is 18.7 Å². The molecule has 9 heteroatoms. The molecule has 0 saturated heterocycles. The monoisotopic (exact) mass is 390 g/mol. The van der Waals surface area contributed by atoms with Crippen molar-refractivity contribution < 1.29 is 18.0 Å². The van der Waals surface area contributed by atoms with E-state index in [2.05, 4.69) is 10.4 Å². The number of benzene rings is 2. The third kappa shape index (κ3) is 3.55. The largest absolute Gasteiger partial charge is 0.322 e. The molecule has 0 aliphatic rings. The van der Waals surface area contributed by atoms with Gasteiger partial charge >= 0.3 is 6.03 Å². The third-order valence-corrected chi connectivity index (χ3v) is 4.51. The molecule has 1 N–H and O–H groups in total. The lowest BCUT2D eigenvalue weighted by atomic mass is 10.1. The standard InChI is InChI=1S/C19H17F3N4O2/c1-10(25(2)19(28)23-12-6-4-11(20)5-7-12)17-13-8-15(21)16(22)9-14(13)18(27)26(3)24-17/h4-10H,1-3H3,(H,23,28)/t10-/m1/s1. The highest BCUT2D eigenvalue weighted by atomic mass is 19.2. The summed E-state index contributed by atoms with van der Waals surface area (Å²) < 4.78 is 41.4. The van der Waals surface area contributed by atoms with Crippen LogP contribution in [0, 0.1) is 17.5 Å². The molecule has 0 spiro atoms. The predicted octanol–water partition coefficient (Wildman–Crippen LogP) is 3.58. The Bertz CT molecular complexity index is 1110. The van der Waals surface area contributed by atoms with Crippen LogP contribution in [0.25, 0.3) is 10.8 Å². The topological polar surface area (TPSA) is 67.2 Å². The van der Waals surface area contributed by atoms with Crippen LogP contribution in [0.3, 0.4) is 0 Å². The Morgan fingerprint density at radius 1 is 1.11 bits per heavy atom. The van der Waals surface area contributed by atoms with E-state index in [0.717, 1.165) is 16.8 Å². The molecule has 1 heterocycles. The van der Waals surface area contributed by atoms with Crippen LogP contribution in [0.5, 0.6) is 0 Å². The molecule has 0 aliphatic heterocycles. The molecule has 1 atom stereocenters. The maximum absolute atomic E-state index is 13.8. The Morgan fingerprint density at radius 3 is 2.29 bits per heavy atom. The van der Waals surface area contributed by atoms with Crippen molar-refractivity contribution in [2.75, 3.05) is 12.4 Å². The summed E-state index contributed by atoms with van der Waals surface area (Å²) in [7, 11) is 2.87. The van der Waals surface area contributed by atoms with Gasteiger partial charge in [0.2, 0.25) is 0 Å². The zero-order valence-electron chi connectivity index (χ0n) is 15.3. The van der Waals surface area contributed by atoms with Gasteiger partial charge < -0.3 is 10.2 Å². The minimum Gasteiger partial charge on any atom is -0.319 e. The number of carbonyl (C=O) groups is 1. The van der Waals surface area contributed by atoms with Crippen molar-refractivity contribution in [3.63, 3.8) is 0 Å². The molecular formula is C19H17F3N4O2. The summed E-state index contributed by atoms with van der Waals surface area (Å²) in [6.45, 7) is 1.64. The molecule has 146 valence electrons. The number of amides is 2. The lowest BCUT2D eigenvalue weighted by Crippen LogP contribution is -2.35. The van der Waals surface area contributed by atoms with Gasteiger partial charge in [0.25, 0.3) is 5.56 Å². The van der Waals surface area contributed by atoms with E-state index in [4.69, 9.17) is 0 Å². The highest BCUT2D eigenvalue weighted by Crippen LogP contribution is 2.26. The van der Waals surface area contributed by atoms with Gasteiger partial charge in [-0.1, -0.05) is 0 Å². The van der Waals surface area contributed by atoms with Crippen LogP contribution in [-0.2, 0) is 7.05 Å². The molecule has 0 saturated carbocycles. The van der Waals surface area contributed by atoms with E-state index >= 15 is 0 Å². The van der Waals surface area contributed by atoms with Crippen molar-refractivity contribution in [3.05, 3.63) is 69.9 Å². The fourth-order valence-corrected chi connectivity index (χ4v) is 2.78. The van der Waals surface area contributed by atoms with Gasteiger partial charge in [-0.05, 0) is 43.3 Å². The molecule has 1 aromatic heterocycles. The van der Waals surface area contributed by atoms with Crippen LogP contribution >= 0.6 is 0 Å². The summed E-state index contributed by atoms with van der Waals surface area (Å²) in [6, 6.07) is 5.75. The number of fused-ring (bicyclic) bond motifs is 1. The first-order valence-corrected chi connectivity index (χ1v) is 8.34. The summed E-state index contributed by atoms with van der Waals surface area (Å²) in [6.07, 6.45) is 0. The van der Waals surface area contributed by atoms with Gasteiger partial charge in [0.05, 0.1) is 17.1 Å². The van der Waals surface area contributed by atoms with Gasteiger partial charge in [-0.2, -0.15) is 5.10 Å². The summed E-state index contributed by atoms with van der Waals surface area (Å²) >= 11 is 0. The first-order valence-electron chi connectivity index (χ1n) is 8.34. The number of aryl methyl sites for hydroxylation is 1. The Hall–Kier alpha value is -3.36. The second-order valence-corrected chi connectivity index (χ2v) is 6.35. The molecule has 2 aromatic carbocycles. The molecule has 6 nitrogen and oxygen atoms in total. The van der Waals surface area contributed by atoms with Crippen molar-refractivity contribution in [2.45, 2.75) is 13.0 Å². The number of nitrogens with one attached hydrogen (secondary N) is 1. The second kappa shape index (κ2) is 7.34. The number of anilines is 1. The van der Waals surface area contributed by atoms with Crippen molar-refractivity contribution >= 4 is 22.5 Å². The van der Waals surface area contributed by atoms with Crippen LogP contribution in [-0.4, -0.2) is 27.8 Å². The van der Waals surface area contributed by atoms with E-state index in [0.29, 0.717) is 5.69 Å². The molecule has 0 fully saturated rings. The van der Waals surface area contributed by atoms with Crippen molar-refractivity contribution in [2.24, 2.45) is 7.05 Å². The molecule has 0 aliphatic carbocycles. The minimum atomic E-state index is -1.14. The lowest BCUT2D eigenvalue weighted by molar-refractivity contribution is 0.207. The number of carbonyl (C=O) groups excluding carboxylic acids is 1. The highest BCUT2D eigenvalue weighted by molar-refractivity contribution is 5.90. The first kappa shape index (κ1) is 19.4. The van der Waals surface area contributed by atoms with E-state index in [1.807, 2.05) is 0 Å². The molecule has 3 rings (SSSR count). The molecule has 0 unspecified atom stereocenters. The van der Waals surface area contributed by atoms with Crippen molar-refractivity contribution in [1.29, 1.82) is 0 Å². The quantitative estimate of drug-likeness (QED) is 0.743. The van der Waals surface area contributed by atoms with E-state index in [9.17, 15) is 22.8 Å². The fraction of sp³-hybridized carbons (Fsp3) is 0.211. The highest BCUT2D eigenvalue weighted by Gasteiger charge is 2.23. The SMILES string of the molecule is C[C@H](c1nn(C)c(=O)c2cc(F)c(F)cc12)N(C)C(=O)Nc1ccc(F)cc1. The number of aromatic nitrogens is 2. The average Bonchev–Trinajstić information content (AvgIpc) is 2.67. The number of halogens is 3. The first-order chi connectivity index (χ1) is 13.2. The van der Waals surface area contributed by atoms with Gasteiger partial charge in [-0.3, -0.25) is 4.79 Å². The Kier molecular flexibility index (Phi) is 5.08. The summed E-state index contributed by atoms with van der Waals surface area (Å²) in [5, 5.41) is 6.83. The number of hydrogen-bond donors (Lipinski definition) is 1. The van der Waals surface area contributed by atoms with E-state index in [-0.39, 0.29) is 16.5 Å². The van der Waals surface area contributed by atoms with E-state index in [1.165, 1.54) is 43.3 Å². The predicted molar refractivity (Wildman–Crippen MR) is 98.5 cm³/mol. The Morgan fingerprint density at radius 2 is 1.68 bits per heavy atom. The molecule has 28 heavy (non-hydrogen) atoms. The molecular weight excluding hydrogens is 373 g/mol. The van der Waals surface area contributed by atoms with Crippen molar-refractivity contribution in [3.8, 4) is 0 Å². The number of rotatable bonds is 3.